The fraction of sp³-hybridized carbons (Fsp3) is 0.462. The van der Waals surface area contributed by atoms with E-state index in [9.17, 15) is 18.0 Å². The highest BCUT2D eigenvalue weighted by molar-refractivity contribution is 5.71. The minimum Gasteiger partial charge on any atom is -0.447 e. The number of ether oxygens (including phenoxy) is 1. The van der Waals surface area contributed by atoms with Gasteiger partial charge in [0.05, 0.1) is 11.1 Å². The Morgan fingerprint density at radius 2 is 2.15 bits per heavy atom. The van der Waals surface area contributed by atoms with Gasteiger partial charge in [-0.05, 0) is 24.6 Å². The molecule has 0 aliphatic carbocycles. The summed E-state index contributed by atoms with van der Waals surface area (Å²) in [4.78, 5) is 13.0. The number of benzene rings is 1. The van der Waals surface area contributed by atoms with Gasteiger partial charge in [0.2, 0.25) is 0 Å². The van der Waals surface area contributed by atoms with Crippen LogP contribution in [0.4, 0.5) is 18.0 Å². The van der Waals surface area contributed by atoms with Gasteiger partial charge in [-0.1, -0.05) is 12.1 Å². The summed E-state index contributed by atoms with van der Waals surface area (Å²) in [6.07, 6.45) is -4.96. The average molecular weight is 288 g/mol. The smallest absolute Gasteiger partial charge is 0.416 e. The van der Waals surface area contributed by atoms with E-state index in [1.807, 2.05) is 0 Å². The molecule has 7 heteroatoms. The maximum atomic E-state index is 12.7. The first-order valence-corrected chi connectivity index (χ1v) is 6.07. The molecule has 1 unspecified atom stereocenters. The lowest BCUT2D eigenvalue weighted by atomic mass is 10.0. The molecule has 20 heavy (non-hydrogen) atoms. The van der Waals surface area contributed by atoms with Gasteiger partial charge in [0.15, 0.2) is 0 Å². The molecule has 0 aromatic heterocycles. The molecule has 0 radical (unpaired) electrons. The quantitative estimate of drug-likeness (QED) is 0.929. The van der Waals surface area contributed by atoms with Crippen molar-refractivity contribution in [2.45, 2.75) is 25.2 Å². The Bertz CT molecular complexity index is 519. The van der Waals surface area contributed by atoms with Crippen molar-refractivity contribution in [1.29, 1.82) is 0 Å². The number of cyclic esters (lactones) is 1. The molecule has 2 rings (SSSR count). The number of carbonyl (C=O) groups excluding carboxylic acids is 1. The lowest BCUT2D eigenvalue weighted by molar-refractivity contribution is -0.137. The minimum absolute atomic E-state index is 0.0381. The molecule has 4 nitrogen and oxygen atoms in total. The number of rotatable bonds is 3. The molecule has 1 aromatic carbocycles. The zero-order valence-electron chi connectivity index (χ0n) is 10.9. The van der Waals surface area contributed by atoms with E-state index in [-0.39, 0.29) is 19.7 Å². The Morgan fingerprint density at radius 1 is 1.45 bits per heavy atom. The highest BCUT2D eigenvalue weighted by Crippen LogP contribution is 2.31. The summed E-state index contributed by atoms with van der Waals surface area (Å²) in [6.45, 7) is 2.10. The molecule has 1 amide bonds. The third kappa shape index (κ3) is 2.72. The maximum absolute atomic E-state index is 12.7. The Balaban J connectivity index is 2.24. The summed E-state index contributed by atoms with van der Waals surface area (Å²) in [5.74, 6) is 0. The molecule has 1 aliphatic heterocycles. The van der Waals surface area contributed by atoms with Crippen molar-refractivity contribution >= 4 is 6.09 Å². The second-order valence-corrected chi connectivity index (χ2v) is 5.04. The molecule has 0 spiro atoms. The van der Waals surface area contributed by atoms with Crippen molar-refractivity contribution in [2.75, 3.05) is 13.2 Å². The molecule has 1 atom stereocenters. The Morgan fingerprint density at radius 3 is 2.75 bits per heavy atom. The fourth-order valence-corrected chi connectivity index (χ4v) is 2.05. The fourth-order valence-electron chi connectivity index (χ4n) is 2.05. The molecular weight excluding hydrogens is 273 g/mol. The van der Waals surface area contributed by atoms with Gasteiger partial charge in [-0.3, -0.25) is 4.90 Å². The van der Waals surface area contributed by atoms with Gasteiger partial charge in [-0.2, -0.15) is 13.2 Å². The highest BCUT2D eigenvalue weighted by atomic mass is 19.4. The molecule has 1 heterocycles. The normalized spacial score (nSPS) is 23.1. The third-order valence-electron chi connectivity index (χ3n) is 3.41. The van der Waals surface area contributed by atoms with Crippen molar-refractivity contribution in [3.05, 3.63) is 35.4 Å². The molecule has 0 saturated carbocycles. The van der Waals surface area contributed by atoms with Crippen LogP contribution in [0.3, 0.4) is 0 Å². The molecule has 1 aromatic rings. The van der Waals surface area contributed by atoms with Gasteiger partial charge < -0.3 is 10.5 Å². The molecule has 1 fully saturated rings. The first-order chi connectivity index (χ1) is 9.26. The van der Waals surface area contributed by atoms with Gasteiger partial charge in [0, 0.05) is 13.1 Å². The lowest BCUT2D eigenvalue weighted by Crippen LogP contribution is -2.49. The van der Waals surface area contributed by atoms with Crippen LogP contribution < -0.4 is 5.73 Å². The standard InChI is InChI=1S/C13H15F3N2O2/c1-12(7-17)8-20-11(19)18(12)6-9-3-2-4-10(5-9)13(14,15)16/h2-5H,6-8,17H2,1H3. The summed E-state index contributed by atoms with van der Waals surface area (Å²) < 4.78 is 42.9. The number of hydrogen-bond acceptors (Lipinski definition) is 3. The van der Waals surface area contributed by atoms with Crippen LogP contribution in [0.25, 0.3) is 0 Å². The summed E-state index contributed by atoms with van der Waals surface area (Å²) in [5.41, 5.74) is 4.58. The summed E-state index contributed by atoms with van der Waals surface area (Å²) in [5, 5.41) is 0. The van der Waals surface area contributed by atoms with E-state index in [0.717, 1.165) is 12.1 Å². The zero-order chi connectivity index (χ0) is 15.0. The predicted molar refractivity (Wildman–Crippen MR) is 65.8 cm³/mol. The van der Waals surface area contributed by atoms with Crippen molar-refractivity contribution in [2.24, 2.45) is 5.73 Å². The van der Waals surface area contributed by atoms with E-state index in [1.54, 1.807) is 6.92 Å². The molecule has 110 valence electrons. The van der Waals surface area contributed by atoms with E-state index in [0.29, 0.717) is 5.56 Å². The Hall–Kier alpha value is -1.76. The third-order valence-corrected chi connectivity index (χ3v) is 3.41. The maximum Gasteiger partial charge on any atom is 0.416 e. The molecule has 1 aliphatic rings. The molecule has 0 bridgehead atoms. The monoisotopic (exact) mass is 288 g/mol. The number of hydrogen-bond donors (Lipinski definition) is 1. The second-order valence-electron chi connectivity index (χ2n) is 5.04. The number of nitrogens with zero attached hydrogens (tertiary/aromatic N) is 1. The topological polar surface area (TPSA) is 55.6 Å². The van der Waals surface area contributed by atoms with Gasteiger partial charge in [-0.25, -0.2) is 4.79 Å². The number of halogens is 3. The van der Waals surface area contributed by atoms with Crippen LogP contribution in [0, 0.1) is 0 Å². The van der Waals surface area contributed by atoms with Gasteiger partial charge in [0.1, 0.15) is 6.61 Å². The Kier molecular flexibility index (Phi) is 3.64. The van der Waals surface area contributed by atoms with Crippen LogP contribution in [0.1, 0.15) is 18.1 Å². The van der Waals surface area contributed by atoms with Crippen LogP contribution in [-0.2, 0) is 17.5 Å². The molecule has 2 N–H and O–H groups in total. The van der Waals surface area contributed by atoms with Gasteiger partial charge >= 0.3 is 12.3 Å². The van der Waals surface area contributed by atoms with Crippen LogP contribution in [-0.4, -0.2) is 29.7 Å². The number of alkyl halides is 3. The summed E-state index contributed by atoms with van der Waals surface area (Å²) >= 11 is 0. The van der Waals surface area contributed by atoms with Gasteiger partial charge in [0.25, 0.3) is 0 Å². The SMILES string of the molecule is CC1(CN)COC(=O)N1Cc1cccc(C(F)(F)F)c1. The molecular formula is C13H15F3N2O2. The number of nitrogens with two attached hydrogens (primary N) is 1. The largest absolute Gasteiger partial charge is 0.447 e. The van der Waals surface area contributed by atoms with Crippen molar-refractivity contribution in [3.8, 4) is 0 Å². The first-order valence-electron chi connectivity index (χ1n) is 6.07. The number of amides is 1. The summed E-state index contributed by atoms with van der Waals surface area (Å²) in [7, 11) is 0. The van der Waals surface area contributed by atoms with Crippen molar-refractivity contribution in [1.82, 2.24) is 4.90 Å². The van der Waals surface area contributed by atoms with E-state index in [1.165, 1.54) is 17.0 Å². The minimum atomic E-state index is -4.40. The van der Waals surface area contributed by atoms with Crippen molar-refractivity contribution < 1.29 is 22.7 Å². The second kappa shape index (κ2) is 4.97. The predicted octanol–water partition coefficient (Wildman–Crippen LogP) is 2.38. The average Bonchev–Trinajstić information content (AvgIpc) is 2.67. The molecule has 1 saturated heterocycles. The first kappa shape index (κ1) is 14.6. The summed E-state index contributed by atoms with van der Waals surface area (Å²) in [6, 6.07) is 4.88. The lowest BCUT2D eigenvalue weighted by Gasteiger charge is -2.30. The van der Waals surface area contributed by atoms with Crippen LogP contribution in [0.15, 0.2) is 24.3 Å². The highest BCUT2D eigenvalue weighted by Gasteiger charge is 2.42. The van der Waals surface area contributed by atoms with Crippen LogP contribution in [0.5, 0.6) is 0 Å². The van der Waals surface area contributed by atoms with E-state index in [2.05, 4.69) is 0 Å². The van der Waals surface area contributed by atoms with E-state index >= 15 is 0 Å². The van der Waals surface area contributed by atoms with E-state index < -0.39 is 23.4 Å². The van der Waals surface area contributed by atoms with Crippen LogP contribution in [0.2, 0.25) is 0 Å². The Labute approximate surface area is 114 Å². The van der Waals surface area contributed by atoms with Crippen LogP contribution >= 0.6 is 0 Å². The van der Waals surface area contributed by atoms with E-state index in [4.69, 9.17) is 10.5 Å². The number of carbonyl (C=O) groups is 1. The van der Waals surface area contributed by atoms with Crippen molar-refractivity contribution in [3.63, 3.8) is 0 Å². The van der Waals surface area contributed by atoms with Gasteiger partial charge in [-0.15, -0.1) is 0 Å². The zero-order valence-corrected chi connectivity index (χ0v) is 10.9.